The van der Waals surface area contributed by atoms with Crippen molar-refractivity contribution in [1.82, 2.24) is 15.1 Å². The lowest BCUT2D eigenvalue weighted by Gasteiger charge is -2.28. The minimum Gasteiger partial charge on any atom is -0.378 e. The Bertz CT molecular complexity index is 1110. The first-order chi connectivity index (χ1) is 13.9. The summed E-state index contributed by atoms with van der Waals surface area (Å²) < 4.78 is 38.7. The topological polar surface area (TPSA) is 114 Å². The molecule has 0 bridgehead atoms. The van der Waals surface area contributed by atoms with Crippen LogP contribution in [0.3, 0.4) is 0 Å². The SMILES string of the molecule is CN(C)c1nc(N2CCOCC2)ncc1NS(=O)(=O)Cc1noc2ccccc12. The summed E-state index contributed by atoms with van der Waals surface area (Å²) in [5, 5.41) is 4.57. The number of hydrogen-bond acceptors (Lipinski definition) is 9. The second kappa shape index (κ2) is 7.84. The lowest BCUT2D eigenvalue weighted by atomic mass is 10.2. The number of anilines is 3. The molecule has 0 spiro atoms. The van der Waals surface area contributed by atoms with Gasteiger partial charge in [-0.15, -0.1) is 0 Å². The first-order valence-corrected chi connectivity index (χ1v) is 10.8. The molecule has 1 aromatic carbocycles. The molecular weight excluding hydrogens is 396 g/mol. The fourth-order valence-electron chi connectivity index (χ4n) is 3.12. The second-order valence-corrected chi connectivity index (χ2v) is 8.61. The van der Waals surface area contributed by atoms with Gasteiger partial charge in [0.25, 0.3) is 0 Å². The summed E-state index contributed by atoms with van der Waals surface area (Å²) >= 11 is 0. The van der Waals surface area contributed by atoms with E-state index in [9.17, 15) is 8.42 Å². The van der Waals surface area contributed by atoms with Gasteiger partial charge in [0.2, 0.25) is 16.0 Å². The third-order valence-corrected chi connectivity index (χ3v) is 5.70. The normalized spacial score (nSPS) is 14.9. The van der Waals surface area contributed by atoms with Crippen molar-refractivity contribution in [3.63, 3.8) is 0 Å². The van der Waals surface area contributed by atoms with Gasteiger partial charge in [-0.05, 0) is 12.1 Å². The van der Waals surface area contributed by atoms with Crippen LogP contribution < -0.4 is 14.5 Å². The van der Waals surface area contributed by atoms with Gasteiger partial charge in [0, 0.05) is 32.6 Å². The van der Waals surface area contributed by atoms with Crippen LogP contribution >= 0.6 is 0 Å². The van der Waals surface area contributed by atoms with Crippen LogP contribution in [0.5, 0.6) is 0 Å². The van der Waals surface area contributed by atoms with E-state index in [0.29, 0.717) is 60.4 Å². The van der Waals surface area contributed by atoms with Crippen molar-refractivity contribution >= 4 is 38.4 Å². The van der Waals surface area contributed by atoms with Crippen molar-refractivity contribution in [2.75, 3.05) is 54.9 Å². The molecular formula is C18H22N6O4S. The number of sulfonamides is 1. The Morgan fingerprint density at radius 3 is 2.72 bits per heavy atom. The zero-order chi connectivity index (χ0) is 20.4. The smallest absolute Gasteiger partial charge is 0.238 e. The Kier molecular flexibility index (Phi) is 5.24. The molecule has 1 N–H and O–H groups in total. The number of hydrogen-bond donors (Lipinski definition) is 1. The fraction of sp³-hybridized carbons (Fsp3) is 0.389. The molecule has 0 amide bonds. The van der Waals surface area contributed by atoms with Crippen molar-refractivity contribution in [1.29, 1.82) is 0 Å². The minimum atomic E-state index is -3.76. The van der Waals surface area contributed by atoms with E-state index in [-0.39, 0.29) is 5.75 Å². The lowest BCUT2D eigenvalue weighted by molar-refractivity contribution is 0.122. The van der Waals surface area contributed by atoms with Crippen LogP contribution in [0, 0.1) is 0 Å². The maximum Gasteiger partial charge on any atom is 0.238 e. The van der Waals surface area contributed by atoms with Gasteiger partial charge in [-0.1, -0.05) is 17.3 Å². The van der Waals surface area contributed by atoms with E-state index in [0.717, 1.165) is 0 Å². The third-order valence-electron chi connectivity index (χ3n) is 4.52. The van der Waals surface area contributed by atoms with Crippen molar-refractivity contribution in [3.8, 4) is 0 Å². The number of aromatic nitrogens is 3. The molecule has 0 atom stereocenters. The molecule has 0 radical (unpaired) electrons. The molecule has 11 heteroatoms. The summed E-state index contributed by atoms with van der Waals surface area (Å²) in [4.78, 5) is 12.7. The first kappa shape index (κ1) is 19.4. The summed E-state index contributed by atoms with van der Waals surface area (Å²) in [5.41, 5.74) is 1.20. The van der Waals surface area contributed by atoms with Gasteiger partial charge in [0.15, 0.2) is 11.4 Å². The molecule has 0 unspecified atom stereocenters. The standard InChI is InChI=1S/C18H22N6O4S/c1-23(2)17-14(11-19-18(20-17)24-7-9-27-10-8-24)22-29(25,26)12-15-13-5-3-4-6-16(13)28-21-15/h3-6,11,22H,7-10,12H2,1-2H3. The lowest BCUT2D eigenvalue weighted by Crippen LogP contribution is -2.37. The van der Waals surface area contributed by atoms with Crippen molar-refractivity contribution in [2.24, 2.45) is 0 Å². The number of fused-ring (bicyclic) bond motifs is 1. The van der Waals surface area contributed by atoms with Gasteiger partial charge in [0.05, 0.1) is 19.4 Å². The zero-order valence-corrected chi connectivity index (χ0v) is 17.0. The number of morpholine rings is 1. The highest BCUT2D eigenvalue weighted by molar-refractivity contribution is 7.91. The van der Waals surface area contributed by atoms with E-state index in [1.807, 2.05) is 11.0 Å². The summed E-state index contributed by atoms with van der Waals surface area (Å²) in [6.07, 6.45) is 1.49. The fourth-order valence-corrected chi connectivity index (χ4v) is 4.24. The Morgan fingerprint density at radius 2 is 1.97 bits per heavy atom. The van der Waals surface area contributed by atoms with Gasteiger partial charge < -0.3 is 19.1 Å². The molecule has 0 aliphatic carbocycles. The molecule has 4 rings (SSSR count). The van der Waals surface area contributed by atoms with Crippen LogP contribution in [-0.4, -0.2) is 63.9 Å². The van der Waals surface area contributed by atoms with E-state index in [2.05, 4.69) is 19.8 Å². The van der Waals surface area contributed by atoms with E-state index >= 15 is 0 Å². The van der Waals surface area contributed by atoms with E-state index in [1.165, 1.54) is 6.20 Å². The number of rotatable bonds is 6. The van der Waals surface area contributed by atoms with E-state index in [1.54, 1.807) is 37.2 Å². The third kappa shape index (κ3) is 4.25. The monoisotopic (exact) mass is 418 g/mol. The minimum absolute atomic E-state index is 0.305. The molecule has 3 aromatic rings. The Labute approximate surface area is 168 Å². The van der Waals surface area contributed by atoms with Crippen molar-refractivity contribution < 1.29 is 17.7 Å². The summed E-state index contributed by atoms with van der Waals surface area (Å²) in [5.74, 6) is 0.708. The number of benzene rings is 1. The molecule has 10 nitrogen and oxygen atoms in total. The Hall–Kier alpha value is -2.92. The van der Waals surface area contributed by atoms with Crippen LogP contribution in [0.1, 0.15) is 5.69 Å². The highest BCUT2D eigenvalue weighted by Gasteiger charge is 2.22. The molecule has 29 heavy (non-hydrogen) atoms. The number of nitrogens with zero attached hydrogens (tertiary/aromatic N) is 5. The summed E-state index contributed by atoms with van der Waals surface area (Å²) in [6, 6.07) is 7.14. The number of nitrogens with one attached hydrogen (secondary N) is 1. The zero-order valence-electron chi connectivity index (χ0n) is 16.2. The average molecular weight is 418 g/mol. The predicted molar refractivity (Wildman–Crippen MR) is 110 cm³/mol. The predicted octanol–water partition coefficient (Wildman–Crippen LogP) is 1.46. The Balaban J connectivity index is 1.58. The summed E-state index contributed by atoms with van der Waals surface area (Å²) in [7, 11) is -0.156. The molecule has 1 fully saturated rings. The maximum absolute atomic E-state index is 12.8. The second-order valence-electron chi connectivity index (χ2n) is 6.89. The van der Waals surface area contributed by atoms with Crippen LogP contribution in [0.25, 0.3) is 11.0 Å². The molecule has 154 valence electrons. The van der Waals surface area contributed by atoms with Gasteiger partial charge in [-0.3, -0.25) is 4.72 Å². The van der Waals surface area contributed by atoms with Crippen LogP contribution in [-0.2, 0) is 20.5 Å². The average Bonchev–Trinajstić information content (AvgIpc) is 3.11. The molecule has 3 heterocycles. The molecule has 2 aromatic heterocycles. The number of para-hydroxylation sites is 1. The van der Waals surface area contributed by atoms with Crippen LogP contribution in [0.4, 0.5) is 17.5 Å². The highest BCUT2D eigenvalue weighted by atomic mass is 32.2. The van der Waals surface area contributed by atoms with Crippen LogP contribution in [0.2, 0.25) is 0 Å². The number of ether oxygens (including phenoxy) is 1. The van der Waals surface area contributed by atoms with Gasteiger partial charge in [0.1, 0.15) is 17.1 Å². The van der Waals surface area contributed by atoms with E-state index < -0.39 is 10.0 Å². The Morgan fingerprint density at radius 1 is 1.21 bits per heavy atom. The summed E-state index contributed by atoms with van der Waals surface area (Å²) in [6.45, 7) is 2.61. The molecule has 0 saturated carbocycles. The quantitative estimate of drug-likeness (QED) is 0.635. The van der Waals surface area contributed by atoms with E-state index in [4.69, 9.17) is 9.26 Å². The van der Waals surface area contributed by atoms with Gasteiger partial charge in [-0.2, -0.15) is 4.98 Å². The van der Waals surface area contributed by atoms with Crippen LogP contribution in [0.15, 0.2) is 35.0 Å². The maximum atomic E-state index is 12.8. The van der Waals surface area contributed by atoms with Crippen molar-refractivity contribution in [2.45, 2.75) is 5.75 Å². The van der Waals surface area contributed by atoms with Crippen molar-refractivity contribution in [3.05, 3.63) is 36.2 Å². The molecule has 1 aliphatic rings. The van der Waals surface area contributed by atoms with Gasteiger partial charge >= 0.3 is 0 Å². The molecule has 1 saturated heterocycles. The van der Waals surface area contributed by atoms with Gasteiger partial charge in [-0.25, -0.2) is 13.4 Å². The first-order valence-electron chi connectivity index (χ1n) is 9.14. The molecule has 1 aliphatic heterocycles. The highest BCUT2D eigenvalue weighted by Crippen LogP contribution is 2.26. The largest absolute Gasteiger partial charge is 0.378 e.